The number of aryl methyl sites for hydroxylation is 1. The standard InChI is InChI=1S/C23H21FN2O3S/c24-18-8-5-16(6-9-18)3-2-12-30-23-19(4-1-11-25-23)22(27)26-14-17-7-10-20-21(13-17)29-15-28-20/h1,4-11,13H,2-3,12,14-15H2,(H,26,27). The number of ether oxygens (including phenoxy) is 2. The van der Waals surface area contributed by atoms with Gasteiger partial charge >= 0.3 is 0 Å². The third-order valence-electron chi connectivity index (χ3n) is 4.67. The lowest BCUT2D eigenvalue weighted by molar-refractivity contribution is 0.0947. The van der Waals surface area contributed by atoms with Gasteiger partial charge in [0.15, 0.2) is 11.5 Å². The second-order valence-corrected chi connectivity index (χ2v) is 7.89. The van der Waals surface area contributed by atoms with Crippen LogP contribution in [0.5, 0.6) is 11.5 Å². The number of amides is 1. The Hall–Kier alpha value is -3.06. The lowest BCUT2D eigenvalue weighted by Crippen LogP contribution is -2.23. The molecule has 1 N–H and O–H groups in total. The van der Waals surface area contributed by atoms with Gasteiger partial charge in [0, 0.05) is 12.7 Å². The molecule has 1 amide bonds. The van der Waals surface area contributed by atoms with Gasteiger partial charge in [-0.1, -0.05) is 18.2 Å². The molecule has 0 radical (unpaired) electrons. The summed E-state index contributed by atoms with van der Waals surface area (Å²) in [5, 5.41) is 3.65. The molecule has 1 aliphatic heterocycles. The van der Waals surface area contributed by atoms with Crippen LogP contribution in [0.15, 0.2) is 65.8 Å². The molecule has 0 unspecified atom stereocenters. The van der Waals surface area contributed by atoms with Crippen molar-refractivity contribution in [1.82, 2.24) is 10.3 Å². The molecule has 30 heavy (non-hydrogen) atoms. The van der Waals surface area contributed by atoms with Crippen molar-refractivity contribution in [2.24, 2.45) is 0 Å². The van der Waals surface area contributed by atoms with Crippen molar-refractivity contribution in [2.45, 2.75) is 24.4 Å². The Morgan fingerprint density at radius 2 is 1.87 bits per heavy atom. The zero-order valence-corrected chi connectivity index (χ0v) is 17.1. The molecule has 2 aromatic carbocycles. The Balaban J connectivity index is 1.30. The van der Waals surface area contributed by atoms with E-state index in [4.69, 9.17) is 9.47 Å². The van der Waals surface area contributed by atoms with Gasteiger partial charge < -0.3 is 14.8 Å². The normalized spacial score (nSPS) is 12.0. The monoisotopic (exact) mass is 424 g/mol. The minimum atomic E-state index is -0.224. The summed E-state index contributed by atoms with van der Waals surface area (Å²) in [5.74, 6) is 1.84. The smallest absolute Gasteiger partial charge is 0.254 e. The first-order chi connectivity index (χ1) is 14.7. The molecule has 0 spiro atoms. The molecule has 0 atom stereocenters. The Kier molecular flexibility index (Phi) is 6.49. The van der Waals surface area contributed by atoms with Crippen LogP contribution in [0.4, 0.5) is 4.39 Å². The van der Waals surface area contributed by atoms with Crippen LogP contribution in [0.2, 0.25) is 0 Å². The van der Waals surface area contributed by atoms with Crippen LogP contribution in [0.3, 0.4) is 0 Å². The average Bonchev–Trinajstić information content (AvgIpc) is 3.24. The summed E-state index contributed by atoms with van der Waals surface area (Å²) >= 11 is 1.55. The number of carbonyl (C=O) groups is 1. The molecule has 154 valence electrons. The molecule has 0 aliphatic carbocycles. The largest absolute Gasteiger partial charge is 0.454 e. The predicted octanol–water partition coefficient (Wildman–Crippen LogP) is 4.60. The number of thioether (sulfide) groups is 1. The van der Waals surface area contributed by atoms with Crippen molar-refractivity contribution in [3.8, 4) is 11.5 Å². The van der Waals surface area contributed by atoms with E-state index in [1.54, 1.807) is 42.2 Å². The molecule has 7 heteroatoms. The van der Waals surface area contributed by atoms with Crippen molar-refractivity contribution in [1.29, 1.82) is 0 Å². The van der Waals surface area contributed by atoms with Crippen molar-refractivity contribution in [3.63, 3.8) is 0 Å². The molecule has 2 heterocycles. The molecule has 5 nitrogen and oxygen atoms in total. The fourth-order valence-electron chi connectivity index (χ4n) is 3.10. The molecule has 0 bridgehead atoms. The van der Waals surface area contributed by atoms with Crippen molar-refractivity contribution in [3.05, 3.63) is 83.3 Å². The van der Waals surface area contributed by atoms with Gasteiger partial charge in [0.1, 0.15) is 10.8 Å². The number of pyridine rings is 1. The highest BCUT2D eigenvalue weighted by atomic mass is 32.2. The number of nitrogens with one attached hydrogen (secondary N) is 1. The maximum atomic E-state index is 13.0. The number of hydrogen-bond donors (Lipinski definition) is 1. The van der Waals surface area contributed by atoms with E-state index in [1.165, 1.54) is 12.1 Å². The van der Waals surface area contributed by atoms with Gasteiger partial charge in [-0.2, -0.15) is 0 Å². The topological polar surface area (TPSA) is 60.5 Å². The number of halogens is 1. The van der Waals surface area contributed by atoms with Gasteiger partial charge in [-0.3, -0.25) is 4.79 Å². The van der Waals surface area contributed by atoms with E-state index in [0.717, 1.165) is 35.5 Å². The van der Waals surface area contributed by atoms with Crippen LogP contribution >= 0.6 is 11.8 Å². The summed E-state index contributed by atoms with van der Waals surface area (Å²) in [4.78, 5) is 17.1. The molecule has 0 saturated heterocycles. The number of benzene rings is 2. The molecular weight excluding hydrogens is 403 g/mol. The summed E-state index contributed by atoms with van der Waals surface area (Å²) in [5.41, 5.74) is 2.59. The van der Waals surface area contributed by atoms with Gasteiger partial charge in [0.2, 0.25) is 6.79 Å². The van der Waals surface area contributed by atoms with E-state index in [9.17, 15) is 9.18 Å². The second-order valence-electron chi connectivity index (χ2n) is 6.80. The van der Waals surface area contributed by atoms with E-state index in [0.29, 0.717) is 22.9 Å². The average molecular weight is 424 g/mol. The zero-order valence-electron chi connectivity index (χ0n) is 16.3. The van der Waals surface area contributed by atoms with Crippen LogP contribution < -0.4 is 14.8 Å². The highest BCUT2D eigenvalue weighted by Crippen LogP contribution is 2.32. The van der Waals surface area contributed by atoms with Crippen LogP contribution in [0.1, 0.15) is 27.9 Å². The third kappa shape index (κ3) is 5.10. The SMILES string of the molecule is O=C(NCc1ccc2c(c1)OCO2)c1cccnc1SCCCc1ccc(F)cc1. The number of hydrogen-bond acceptors (Lipinski definition) is 5. The van der Waals surface area contributed by atoms with Gasteiger partial charge in [0.05, 0.1) is 5.56 Å². The quantitative estimate of drug-likeness (QED) is 0.423. The number of carbonyl (C=O) groups excluding carboxylic acids is 1. The first-order valence-electron chi connectivity index (χ1n) is 9.68. The summed E-state index contributed by atoms with van der Waals surface area (Å²) < 4.78 is 23.7. The van der Waals surface area contributed by atoms with Crippen LogP contribution in [-0.2, 0) is 13.0 Å². The Morgan fingerprint density at radius 3 is 2.73 bits per heavy atom. The molecule has 1 aliphatic rings. The van der Waals surface area contributed by atoms with Gasteiger partial charge in [-0.15, -0.1) is 11.8 Å². The summed E-state index contributed by atoms with van der Waals surface area (Å²) in [6.45, 7) is 0.613. The molecule has 3 aromatic rings. The highest BCUT2D eigenvalue weighted by Gasteiger charge is 2.15. The van der Waals surface area contributed by atoms with Gasteiger partial charge in [0.25, 0.3) is 5.91 Å². The number of fused-ring (bicyclic) bond motifs is 1. The molecule has 1 aromatic heterocycles. The maximum Gasteiger partial charge on any atom is 0.254 e. The van der Waals surface area contributed by atoms with E-state index in [1.807, 2.05) is 18.2 Å². The first kappa shape index (κ1) is 20.2. The van der Waals surface area contributed by atoms with Gasteiger partial charge in [-0.05, 0) is 66.1 Å². The summed E-state index contributed by atoms with van der Waals surface area (Å²) in [6, 6.07) is 15.7. The Morgan fingerprint density at radius 1 is 1.07 bits per heavy atom. The van der Waals surface area contributed by atoms with Crippen LogP contribution in [0, 0.1) is 5.82 Å². The predicted molar refractivity (Wildman–Crippen MR) is 113 cm³/mol. The van der Waals surface area contributed by atoms with Gasteiger partial charge in [-0.25, -0.2) is 9.37 Å². The van der Waals surface area contributed by atoms with Crippen molar-refractivity contribution >= 4 is 17.7 Å². The minimum absolute atomic E-state index is 0.165. The molecular formula is C23H21FN2O3S. The highest BCUT2D eigenvalue weighted by molar-refractivity contribution is 7.99. The fraction of sp³-hybridized carbons (Fsp3) is 0.217. The molecule has 0 fully saturated rings. The fourth-order valence-corrected chi connectivity index (χ4v) is 4.04. The zero-order chi connectivity index (χ0) is 20.8. The van der Waals surface area contributed by atoms with E-state index < -0.39 is 0 Å². The second kappa shape index (κ2) is 9.63. The Labute approximate surface area is 178 Å². The molecule has 0 saturated carbocycles. The number of aromatic nitrogens is 1. The van der Waals surface area contributed by atoms with E-state index in [-0.39, 0.29) is 18.5 Å². The lowest BCUT2D eigenvalue weighted by atomic mass is 10.1. The summed E-state index contributed by atoms with van der Waals surface area (Å²) in [6.07, 6.45) is 3.45. The first-order valence-corrected chi connectivity index (χ1v) is 10.7. The number of rotatable bonds is 8. The minimum Gasteiger partial charge on any atom is -0.454 e. The van der Waals surface area contributed by atoms with E-state index in [2.05, 4.69) is 10.3 Å². The third-order valence-corrected chi connectivity index (χ3v) is 5.76. The van der Waals surface area contributed by atoms with Crippen molar-refractivity contribution in [2.75, 3.05) is 12.5 Å². The summed E-state index contributed by atoms with van der Waals surface area (Å²) in [7, 11) is 0. The van der Waals surface area contributed by atoms with Crippen molar-refractivity contribution < 1.29 is 18.7 Å². The lowest BCUT2D eigenvalue weighted by Gasteiger charge is -2.10. The maximum absolute atomic E-state index is 13.0. The number of nitrogens with zero attached hydrogens (tertiary/aromatic N) is 1. The molecule has 4 rings (SSSR count). The van der Waals surface area contributed by atoms with E-state index >= 15 is 0 Å². The van der Waals surface area contributed by atoms with Crippen LogP contribution in [-0.4, -0.2) is 23.4 Å². The van der Waals surface area contributed by atoms with Crippen LogP contribution in [0.25, 0.3) is 0 Å². The Bertz CT molecular complexity index is 1030.